The molecular formula is C10H14S. The maximum atomic E-state index is 5.19. The predicted octanol–water partition coefficient (Wildman–Crippen LogP) is 2.85. The molecule has 1 aliphatic rings. The maximum absolute atomic E-state index is 5.19. The van der Waals surface area contributed by atoms with Crippen LogP contribution in [0.5, 0.6) is 0 Å². The first-order chi connectivity index (χ1) is 5.43. The summed E-state index contributed by atoms with van der Waals surface area (Å²) in [6, 6.07) is 0. The van der Waals surface area contributed by atoms with Gasteiger partial charge in [-0.2, -0.15) is 0 Å². The van der Waals surface area contributed by atoms with Crippen LogP contribution in [0.3, 0.4) is 0 Å². The highest BCUT2D eigenvalue weighted by Crippen LogP contribution is 2.21. The molecule has 1 heteroatoms. The fourth-order valence-electron chi connectivity index (χ4n) is 1.25. The Balaban J connectivity index is 2.26. The standard InChI is InChI=1S/C10H14S/c1-2-9-11-10-7-5-3-4-6-8-10/h1,5,7,10H,3-4,6,8-9H2. The summed E-state index contributed by atoms with van der Waals surface area (Å²) in [7, 11) is 0. The predicted molar refractivity (Wildman–Crippen MR) is 52.7 cm³/mol. The summed E-state index contributed by atoms with van der Waals surface area (Å²) in [5.41, 5.74) is 0. The van der Waals surface area contributed by atoms with Gasteiger partial charge in [-0.3, -0.25) is 0 Å². The molecule has 0 amide bonds. The molecule has 60 valence electrons. The monoisotopic (exact) mass is 166 g/mol. The van der Waals surface area contributed by atoms with E-state index in [0.29, 0.717) is 5.25 Å². The third-order valence-electron chi connectivity index (χ3n) is 1.84. The van der Waals surface area contributed by atoms with Gasteiger partial charge in [-0.25, -0.2) is 0 Å². The zero-order valence-electron chi connectivity index (χ0n) is 6.75. The lowest BCUT2D eigenvalue weighted by Gasteiger charge is -2.06. The van der Waals surface area contributed by atoms with Crippen molar-refractivity contribution in [3.63, 3.8) is 0 Å². The molecule has 0 heterocycles. The summed E-state index contributed by atoms with van der Waals surface area (Å²) in [6.07, 6.45) is 15.1. The summed E-state index contributed by atoms with van der Waals surface area (Å²) in [6.45, 7) is 0. The molecule has 0 radical (unpaired) electrons. The molecule has 0 aromatic carbocycles. The van der Waals surface area contributed by atoms with Crippen molar-refractivity contribution in [2.24, 2.45) is 0 Å². The van der Waals surface area contributed by atoms with Gasteiger partial charge in [-0.05, 0) is 19.3 Å². The average molecular weight is 166 g/mol. The van der Waals surface area contributed by atoms with Gasteiger partial charge in [0.1, 0.15) is 0 Å². The molecule has 0 spiro atoms. The van der Waals surface area contributed by atoms with E-state index in [1.54, 1.807) is 0 Å². The Kier molecular flexibility index (Phi) is 4.23. The number of hydrogen-bond donors (Lipinski definition) is 0. The molecule has 1 aliphatic carbocycles. The number of rotatable bonds is 2. The molecule has 0 fully saturated rings. The van der Waals surface area contributed by atoms with Gasteiger partial charge in [0.05, 0.1) is 5.75 Å². The minimum atomic E-state index is 0.688. The van der Waals surface area contributed by atoms with Gasteiger partial charge in [0, 0.05) is 5.25 Å². The second-order valence-corrected chi connectivity index (χ2v) is 3.99. The highest BCUT2D eigenvalue weighted by Gasteiger charge is 2.05. The highest BCUT2D eigenvalue weighted by atomic mass is 32.2. The molecule has 11 heavy (non-hydrogen) atoms. The molecule has 1 rings (SSSR count). The third kappa shape index (κ3) is 3.53. The fourth-order valence-corrected chi connectivity index (χ4v) is 2.11. The summed E-state index contributed by atoms with van der Waals surface area (Å²) in [5, 5.41) is 0.688. The van der Waals surface area contributed by atoms with Gasteiger partial charge in [0.25, 0.3) is 0 Å². The number of hydrogen-bond acceptors (Lipinski definition) is 1. The van der Waals surface area contributed by atoms with Crippen molar-refractivity contribution in [2.75, 3.05) is 5.75 Å². The minimum Gasteiger partial charge on any atom is -0.141 e. The maximum Gasteiger partial charge on any atom is 0.0550 e. The zero-order valence-corrected chi connectivity index (χ0v) is 7.57. The van der Waals surface area contributed by atoms with Crippen LogP contribution in [-0.4, -0.2) is 11.0 Å². The van der Waals surface area contributed by atoms with E-state index in [0.717, 1.165) is 5.75 Å². The van der Waals surface area contributed by atoms with E-state index in [2.05, 4.69) is 18.1 Å². The van der Waals surface area contributed by atoms with Gasteiger partial charge in [-0.1, -0.05) is 24.5 Å². The first-order valence-corrected chi connectivity index (χ1v) is 5.20. The van der Waals surface area contributed by atoms with Crippen molar-refractivity contribution in [1.82, 2.24) is 0 Å². The Bertz CT molecular complexity index is 164. The Morgan fingerprint density at radius 2 is 2.45 bits per heavy atom. The van der Waals surface area contributed by atoms with E-state index in [-0.39, 0.29) is 0 Å². The van der Waals surface area contributed by atoms with Crippen molar-refractivity contribution >= 4 is 11.8 Å². The lowest BCUT2D eigenvalue weighted by Crippen LogP contribution is -1.96. The minimum absolute atomic E-state index is 0.688. The van der Waals surface area contributed by atoms with Crippen LogP contribution in [0.1, 0.15) is 25.7 Å². The highest BCUT2D eigenvalue weighted by molar-refractivity contribution is 8.00. The van der Waals surface area contributed by atoms with E-state index in [1.807, 2.05) is 11.8 Å². The van der Waals surface area contributed by atoms with Crippen LogP contribution in [0.2, 0.25) is 0 Å². The SMILES string of the molecule is C#CCSC1C=CCCCC1. The van der Waals surface area contributed by atoms with E-state index >= 15 is 0 Å². The average Bonchev–Trinajstić information content (AvgIpc) is 2.28. The van der Waals surface area contributed by atoms with Crippen LogP contribution in [-0.2, 0) is 0 Å². The van der Waals surface area contributed by atoms with Crippen molar-refractivity contribution in [3.05, 3.63) is 12.2 Å². The molecule has 0 bridgehead atoms. The Morgan fingerprint density at radius 3 is 3.27 bits per heavy atom. The van der Waals surface area contributed by atoms with Gasteiger partial charge in [0.15, 0.2) is 0 Å². The molecule has 0 aromatic heterocycles. The summed E-state index contributed by atoms with van der Waals surface area (Å²) in [4.78, 5) is 0. The molecule has 0 nitrogen and oxygen atoms in total. The van der Waals surface area contributed by atoms with Crippen LogP contribution in [0, 0.1) is 12.3 Å². The normalized spacial score (nSPS) is 24.1. The second-order valence-electron chi connectivity index (χ2n) is 2.77. The first-order valence-electron chi connectivity index (χ1n) is 4.15. The quantitative estimate of drug-likeness (QED) is 0.449. The van der Waals surface area contributed by atoms with Crippen molar-refractivity contribution < 1.29 is 0 Å². The first kappa shape index (κ1) is 8.74. The van der Waals surface area contributed by atoms with Crippen LogP contribution in [0.15, 0.2) is 12.2 Å². The molecule has 0 aromatic rings. The van der Waals surface area contributed by atoms with Crippen LogP contribution >= 0.6 is 11.8 Å². The van der Waals surface area contributed by atoms with Gasteiger partial charge in [-0.15, -0.1) is 18.2 Å². The fraction of sp³-hybridized carbons (Fsp3) is 0.600. The van der Waals surface area contributed by atoms with E-state index < -0.39 is 0 Å². The molecule has 0 N–H and O–H groups in total. The summed E-state index contributed by atoms with van der Waals surface area (Å²) in [5.74, 6) is 3.52. The lowest BCUT2D eigenvalue weighted by atomic mass is 10.2. The van der Waals surface area contributed by atoms with Crippen LogP contribution in [0.4, 0.5) is 0 Å². The molecule has 0 saturated carbocycles. The van der Waals surface area contributed by atoms with Crippen molar-refractivity contribution in [2.45, 2.75) is 30.9 Å². The van der Waals surface area contributed by atoms with E-state index in [4.69, 9.17) is 6.42 Å². The van der Waals surface area contributed by atoms with Crippen molar-refractivity contribution in [3.8, 4) is 12.3 Å². The molecule has 0 saturated heterocycles. The van der Waals surface area contributed by atoms with Crippen molar-refractivity contribution in [1.29, 1.82) is 0 Å². The third-order valence-corrected chi connectivity index (χ3v) is 3.00. The molecule has 1 atom stereocenters. The summed E-state index contributed by atoms with van der Waals surface area (Å²) >= 11 is 1.89. The second kappa shape index (κ2) is 5.32. The smallest absolute Gasteiger partial charge is 0.0550 e. The number of allylic oxidation sites excluding steroid dienone is 1. The van der Waals surface area contributed by atoms with E-state index in [9.17, 15) is 0 Å². The Morgan fingerprint density at radius 1 is 1.55 bits per heavy atom. The molecular weight excluding hydrogens is 152 g/mol. The largest absolute Gasteiger partial charge is 0.141 e. The van der Waals surface area contributed by atoms with Gasteiger partial charge >= 0.3 is 0 Å². The van der Waals surface area contributed by atoms with Gasteiger partial charge < -0.3 is 0 Å². The number of terminal acetylenes is 1. The van der Waals surface area contributed by atoms with Gasteiger partial charge in [0.2, 0.25) is 0 Å². The molecule has 1 unspecified atom stereocenters. The Hall–Kier alpha value is -0.350. The zero-order chi connectivity index (χ0) is 7.94. The van der Waals surface area contributed by atoms with E-state index in [1.165, 1.54) is 25.7 Å². The topological polar surface area (TPSA) is 0 Å². The Labute approximate surface area is 73.5 Å². The van der Waals surface area contributed by atoms with Crippen LogP contribution < -0.4 is 0 Å². The lowest BCUT2D eigenvalue weighted by molar-refractivity contribution is 0.725. The molecule has 0 aliphatic heterocycles. The number of thioether (sulfide) groups is 1. The summed E-state index contributed by atoms with van der Waals surface area (Å²) < 4.78 is 0. The van der Waals surface area contributed by atoms with Crippen LogP contribution in [0.25, 0.3) is 0 Å².